The zero-order valence-electron chi connectivity index (χ0n) is 17.3. The van der Waals surface area contributed by atoms with Crippen molar-refractivity contribution in [1.29, 1.82) is 0 Å². The third kappa shape index (κ3) is 4.59. The molecule has 4 rings (SSSR count). The first-order valence-corrected chi connectivity index (χ1v) is 10.2. The molecule has 6 nitrogen and oxygen atoms in total. The van der Waals surface area contributed by atoms with Crippen molar-refractivity contribution in [2.75, 3.05) is 0 Å². The van der Waals surface area contributed by atoms with Gasteiger partial charge in [-0.1, -0.05) is 78.9 Å². The van der Waals surface area contributed by atoms with Gasteiger partial charge in [-0.15, -0.1) is 0 Å². The van der Waals surface area contributed by atoms with E-state index < -0.39 is 23.8 Å². The zero-order chi connectivity index (χ0) is 22.5. The van der Waals surface area contributed by atoms with Crippen molar-refractivity contribution in [3.05, 3.63) is 96.1 Å². The lowest BCUT2D eigenvalue weighted by atomic mass is 9.96. The number of nitrogens with two attached hydrogens (primary N) is 1. The largest absolute Gasteiger partial charge is 0.461 e. The summed E-state index contributed by atoms with van der Waals surface area (Å²) in [5, 5.41) is 5.92. The fourth-order valence-electron chi connectivity index (χ4n) is 3.68. The number of benzene rings is 4. The average Bonchev–Trinajstić information content (AvgIpc) is 2.81. The number of fused-ring (bicyclic) bond motifs is 2. The van der Waals surface area contributed by atoms with Crippen molar-refractivity contribution in [1.82, 2.24) is 5.32 Å². The normalized spacial score (nSPS) is 11.8. The molecule has 2 amide bonds. The molecule has 0 aliphatic carbocycles. The molecule has 0 fully saturated rings. The summed E-state index contributed by atoms with van der Waals surface area (Å²) in [6, 6.07) is 25.0. The molecule has 0 saturated heterocycles. The first kappa shape index (κ1) is 21.1. The Morgan fingerprint density at radius 1 is 0.812 bits per heavy atom. The van der Waals surface area contributed by atoms with E-state index in [0.717, 1.165) is 27.1 Å². The van der Waals surface area contributed by atoms with E-state index in [-0.39, 0.29) is 13.0 Å². The average molecular weight is 426 g/mol. The number of hydrogen-bond acceptors (Lipinski definition) is 4. The lowest BCUT2D eigenvalue weighted by molar-refractivity contribution is -0.146. The van der Waals surface area contributed by atoms with Crippen LogP contribution in [0.15, 0.2) is 84.9 Å². The number of rotatable bonds is 7. The molecule has 3 N–H and O–H groups in total. The van der Waals surface area contributed by atoms with Gasteiger partial charge in [0.2, 0.25) is 5.91 Å². The van der Waals surface area contributed by atoms with Crippen LogP contribution in [0.25, 0.3) is 21.5 Å². The van der Waals surface area contributed by atoms with Crippen molar-refractivity contribution in [2.24, 2.45) is 5.73 Å². The van der Waals surface area contributed by atoms with Gasteiger partial charge in [0.25, 0.3) is 5.91 Å². The second kappa shape index (κ2) is 9.31. The van der Waals surface area contributed by atoms with E-state index in [1.165, 1.54) is 0 Å². The molecule has 1 atom stereocenters. The van der Waals surface area contributed by atoms with Crippen molar-refractivity contribution < 1.29 is 19.1 Å². The minimum atomic E-state index is -1.19. The number of esters is 1. The van der Waals surface area contributed by atoms with E-state index in [2.05, 4.69) is 5.32 Å². The highest BCUT2D eigenvalue weighted by Crippen LogP contribution is 2.28. The molecular formula is C26H22N2O4. The summed E-state index contributed by atoms with van der Waals surface area (Å²) in [6.07, 6.45) is -0.351. The number of hydrogen-bond donors (Lipinski definition) is 2. The molecule has 32 heavy (non-hydrogen) atoms. The summed E-state index contributed by atoms with van der Waals surface area (Å²) in [7, 11) is 0. The lowest BCUT2D eigenvalue weighted by Gasteiger charge is -2.17. The van der Waals surface area contributed by atoms with Crippen molar-refractivity contribution in [3.63, 3.8) is 0 Å². The van der Waals surface area contributed by atoms with Gasteiger partial charge in [0.15, 0.2) is 0 Å². The quantitative estimate of drug-likeness (QED) is 0.348. The highest BCUT2D eigenvalue weighted by molar-refractivity contribution is 6.18. The molecule has 0 bridgehead atoms. The minimum absolute atomic E-state index is 0.0765. The Hall–Kier alpha value is -4.19. The SMILES string of the molecule is NC(=O)[C@@H](CC(=O)OCc1ccccc1)NC(=O)c1c2ccccc2cc2ccccc12. The Bertz CT molecular complexity index is 1250. The highest BCUT2D eigenvalue weighted by atomic mass is 16.5. The Labute approximate surface area is 185 Å². The van der Waals surface area contributed by atoms with E-state index in [9.17, 15) is 14.4 Å². The maximum Gasteiger partial charge on any atom is 0.308 e. The van der Waals surface area contributed by atoms with E-state index in [1.807, 2.05) is 84.9 Å². The van der Waals surface area contributed by atoms with Crippen LogP contribution in [-0.4, -0.2) is 23.8 Å². The van der Waals surface area contributed by atoms with Gasteiger partial charge >= 0.3 is 5.97 Å². The van der Waals surface area contributed by atoms with Crippen LogP contribution >= 0.6 is 0 Å². The van der Waals surface area contributed by atoms with Crippen LogP contribution in [0.3, 0.4) is 0 Å². The molecule has 0 spiro atoms. The van der Waals surface area contributed by atoms with Gasteiger partial charge in [-0.25, -0.2) is 0 Å². The molecule has 4 aromatic rings. The molecule has 0 aromatic heterocycles. The predicted octanol–water partition coefficient (Wildman–Crippen LogP) is 3.71. The van der Waals surface area contributed by atoms with Crippen molar-refractivity contribution >= 4 is 39.3 Å². The third-order valence-electron chi connectivity index (χ3n) is 5.26. The van der Waals surface area contributed by atoms with E-state index in [4.69, 9.17) is 10.5 Å². The number of carbonyl (C=O) groups is 3. The highest BCUT2D eigenvalue weighted by Gasteiger charge is 2.25. The Morgan fingerprint density at radius 3 is 1.97 bits per heavy atom. The van der Waals surface area contributed by atoms with Gasteiger partial charge in [0, 0.05) is 0 Å². The zero-order valence-corrected chi connectivity index (χ0v) is 17.3. The van der Waals surface area contributed by atoms with E-state index in [1.54, 1.807) is 0 Å². The molecule has 0 unspecified atom stereocenters. The fraction of sp³-hybridized carbons (Fsp3) is 0.115. The topological polar surface area (TPSA) is 98.5 Å². The van der Waals surface area contributed by atoms with Gasteiger partial charge < -0.3 is 15.8 Å². The second-order valence-corrected chi connectivity index (χ2v) is 7.47. The molecule has 0 radical (unpaired) electrons. The van der Waals surface area contributed by atoms with Crippen LogP contribution in [0.5, 0.6) is 0 Å². The summed E-state index contributed by atoms with van der Waals surface area (Å²) in [5.74, 6) is -1.90. The minimum Gasteiger partial charge on any atom is -0.461 e. The number of nitrogens with one attached hydrogen (secondary N) is 1. The van der Waals surface area contributed by atoms with Crippen LogP contribution in [0.4, 0.5) is 0 Å². The molecule has 0 saturated carbocycles. The molecule has 0 aliphatic heterocycles. The van der Waals surface area contributed by atoms with Crippen LogP contribution in [-0.2, 0) is 20.9 Å². The summed E-state index contributed by atoms with van der Waals surface area (Å²) in [4.78, 5) is 37.6. The summed E-state index contributed by atoms with van der Waals surface area (Å²) in [5.41, 5.74) is 6.74. The molecule has 160 valence electrons. The van der Waals surface area contributed by atoms with Gasteiger partial charge in [0.1, 0.15) is 12.6 Å². The van der Waals surface area contributed by atoms with Crippen LogP contribution in [0.2, 0.25) is 0 Å². The van der Waals surface area contributed by atoms with Crippen molar-refractivity contribution in [2.45, 2.75) is 19.1 Å². The van der Waals surface area contributed by atoms with Crippen LogP contribution in [0, 0.1) is 0 Å². The Kier molecular flexibility index (Phi) is 6.12. The van der Waals surface area contributed by atoms with Crippen molar-refractivity contribution in [3.8, 4) is 0 Å². The van der Waals surface area contributed by atoms with E-state index >= 15 is 0 Å². The monoisotopic (exact) mass is 426 g/mol. The predicted molar refractivity (Wildman–Crippen MR) is 123 cm³/mol. The van der Waals surface area contributed by atoms with Gasteiger partial charge in [-0.05, 0) is 33.2 Å². The molecule has 0 aliphatic rings. The first-order chi connectivity index (χ1) is 15.5. The Morgan fingerprint density at radius 2 is 1.38 bits per heavy atom. The number of ether oxygens (including phenoxy) is 1. The maximum atomic E-state index is 13.3. The molecule has 0 heterocycles. The summed E-state index contributed by atoms with van der Waals surface area (Å²) in [6.45, 7) is 0.0765. The number of amides is 2. The van der Waals surface area contributed by atoms with Crippen LogP contribution in [0.1, 0.15) is 22.3 Å². The molecular weight excluding hydrogens is 404 g/mol. The standard InChI is InChI=1S/C26H22N2O4/c27-25(30)22(15-23(29)32-16-17-8-2-1-3-9-17)28-26(31)24-20-12-6-4-10-18(20)14-19-11-5-7-13-21(19)24/h1-14,22H,15-16H2,(H2,27,30)(H,28,31)/t22-/m1/s1. The Balaban J connectivity index is 1.56. The van der Waals surface area contributed by atoms with Gasteiger partial charge in [-0.2, -0.15) is 0 Å². The third-order valence-corrected chi connectivity index (χ3v) is 5.26. The lowest BCUT2D eigenvalue weighted by Crippen LogP contribution is -2.46. The summed E-state index contributed by atoms with van der Waals surface area (Å²) < 4.78 is 5.24. The van der Waals surface area contributed by atoms with Crippen LogP contribution < -0.4 is 11.1 Å². The fourth-order valence-corrected chi connectivity index (χ4v) is 3.68. The number of carbonyl (C=O) groups excluding carboxylic acids is 3. The second-order valence-electron chi connectivity index (χ2n) is 7.47. The first-order valence-electron chi connectivity index (χ1n) is 10.2. The molecule has 6 heteroatoms. The molecule has 4 aromatic carbocycles. The maximum absolute atomic E-state index is 13.3. The summed E-state index contributed by atoms with van der Waals surface area (Å²) >= 11 is 0. The number of primary amides is 1. The van der Waals surface area contributed by atoms with Gasteiger partial charge in [-0.3, -0.25) is 14.4 Å². The smallest absolute Gasteiger partial charge is 0.308 e. The van der Waals surface area contributed by atoms with Gasteiger partial charge in [0.05, 0.1) is 12.0 Å². The van der Waals surface area contributed by atoms with E-state index in [0.29, 0.717) is 5.56 Å².